The molecule has 0 saturated carbocycles. The van der Waals surface area contributed by atoms with Crippen LogP contribution in [0.3, 0.4) is 0 Å². The van der Waals surface area contributed by atoms with Crippen molar-refractivity contribution in [2.45, 2.75) is 13.8 Å². The molecule has 0 aliphatic heterocycles. The van der Waals surface area contributed by atoms with E-state index in [1.807, 2.05) is 6.92 Å². The normalized spacial score (nSPS) is 10.2. The Labute approximate surface area is 238 Å². The monoisotopic (exact) mass is 558 g/mol. The van der Waals surface area contributed by atoms with Crippen LogP contribution in [0.2, 0.25) is 0 Å². The highest BCUT2D eigenvalue weighted by molar-refractivity contribution is 5.98. The summed E-state index contributed by atoms with van der Waals surface area (Å²) >= 11 is 0. The summed E-state index contributed by atoms with van der Waals surface area (Å²) in [4.78, 5) is 24.0. The molecule has 1 amide bonds. The number of carbonyl (C=O) groups excluding carboxylic acids is 1. The zero-order chi connectivity index (χ0) is 29.5. The number of ether oxygens (including phenoxy) is 6. The minimum absolute atomic E-state index is 0.192. The van der Waals surface area contributed by atoms with Gasteiger partial charge in [-0.15, -0.1) is 0 Å². The van der Waals surface area contributed by atoms with Gasteiger partial charge in [0, 0.05) is 47.3 Å². The SMILES string of the molecule is COc1ccc(N(C(=O)Oc2c(C)c#ccc2C)c2ccnc(Nc3cc(OC)c(OC)c(OC)c3)n2)c(OC)c1. The maximum Gasteiger partial charge on any atom is 0.425 e. The molecular weight excluding hydrogens is 528 g/mol. The number of benzene rings is 2. The molecule has 1 heterocycles. The van der Waals surface area contributed by atoms with Gasteiger partial charge in [-0.25, -0.2) is 14.7 Å². The number of carbonyl (C=O) groups is 1. The van der Waals surface area contributed by atoms with E-state index in [2.05, 4.69) is 27.4 Å². The topological polar surface area (TPSA) is 114 Å². The molecule has 0 fully saturated rings. The van der Waals surface area contributed by atoms with Gasteiger partial charge in [0.05, 0.1) is 41.2 Å². The number of anilines is 4. The summed E-state index contributed by atoms with van der Waals surface area (Å²) in [5.74, 6) is 3.02. The summed E-state index contributed by atoms with van der Waals surface area (Å²) in [6, 6.07) is 17.6. The number of nitrogens with zero attached hydrogens (tertiary/aromatic N) is 3. The van der Waals surface area contributed by atoms with Crippen LogP contribution in [0, 0.1) is 26.0 Å². The maximum absolute atomic E-state index is 13.8. The van der Waals surface area contributed by atoms with Crippen LogP contribution in [-0.2, 0) is 0 Å². The van der Waals surface area contributed by atoms with E-state index in [4.69, 9.17) is 28.4 Å². The van der Waals surface area contributed by atoms with Gasteiger partial charge >= 0.3 is 6.09 Å². The van der Waals surface area contributed by atoms with Crippen molar-refractivity contribution in [3.05, 3.63) is 71.9 Å². The third-order valence-electron chi connectivity index (χ3n) is 6.04. The van der Waals surface area contributed by atoms with Gasteiger partial charge < -0.3 is 33.7 Å². The van der Waals surface area contributed by atoms with Crippen LogP contribution in [0.25, 0.3) is 0 Å². The van der Waals surface area contributed by atoms with Gasteiger partial charge in [-0.3, -0.25) is 0 Å². The predicted octanol–water partition coefficient (Wildman–Crippen LogP) is 5.82. The van der Waals surface area contributed by atoms with Crippen molar-refractivity contribution in [1.29, 1.82) is 0 Å². The van der Waals surface area contributed by atoms with E-state index >= 15 is 0 Å². The highest BCUT2D eigenvalue weighted by atomic mass is 16.6. The van der Waals surface area contributed by atoms with Crippen LogP contribution in [0.5, 0.6) is 34.5 Å². The number of methoxy groups -OCH3 is 5. The van der Waals surface area contributed by atoms with Gasteiger partial charge in [-0.2, -0.15) is 4.98 Å². The quantitative estimate of drug-likeness (QED) is 0.255. The second kappa shape index (κ2) is 12.7. The summed E-state index contributed by atoms with van der Waals surface area (Å²) in [6.45, 7) is 3.61. The molecule has 0 aliphatic rings. The number of rotatable bonds is 10. The molecule has 3 aromatic carbocycles. The van der Waals surface area contributed by atoms with Crippen molar-refractivity contribution >= 4 is 29.2 Å². The molecule has 0 radical (unpaired) electrons. The fourth-order valence-electron chi connectivity index (χ4n) is 4.06. The van der Waals surface area contributed by atoms with Crippen LogP contribution in [0.1, 0.15) is 11.1 Å². The van der Waals surface area contributed by atoms with Crippen LogP contribution in [-0.4, -0.2) is 51.6 Å². The molecule has 0 atom stereocenters. The van der Waals surface area contributed by atoms with Gasteiger partial charge in [-0.1, -0.05) is 12.1 Å². The maximum atomic E-state index is 13.8. The third kappa shape index (κ3) is 6.12. The molecule has 0 saturated heterocycles. The minimum atomic E-state index is -0.725. The molecule has 4 rings (SSSR count). The minimum Gasteiger partial charge on any atom is -0.497 e. The number of hydrogen-bond acceptors (Lipinski definition) is 10. The zero-order valence-corrected chi connectivity index (χ0v) is 23.8. The molecule has 212 valence electrons. The van der Waals surface area contributed by atoms with Crippen molar-refractivity contribution < 1.29 is 33.2 Å². The highest BCUT2D eigenvalue weighted by Crippen LogP contribution is 2.41. The first kappa shape index (κ1) is 28.6. The molecular formula is C30H30N4O7. The van der Waals surface area contributed by atoms with Crippen molar-refractivity contribution in [2.75, 3.05) is 45.8 Å². The average molecular weight is 559 g/mol. The Kier molecular flexibility index (Phi) is 8.84. The van der Waals surface area contributed by atoms with E-state index in [1.54, 1.807) is 56.5 Å². The van der Waals surface area contributed by atoms with Crippen LogP contribution in [0.15, 0.2) is 48.7 Å². The Balaban J connectivity index is 1.78. The average Bonchev–Trinajstić information content (AvgIpc) is 2.99. The number of amides is 1. The van der Waals surface area contributed by atoms with Gasteiger partial charge in [0.25, 0.3) is 0 Å². The molecule has 0 aliphatic carbocycles. The van der Waals surface area contributed by atoms with Gasteiger partial charge in [0.2, 0.25) is 11.7 Å². The van der Waals surface area contributed by atoms with E-state index in [-0.39, 0.29) is 11.8 Å². The van der Waals surface area contributed by atoms with Gasteiger partial charge in [0.15, 0.2) is 11.5 Å². The van der Waals surface area contributed by atoms with Crippen LogP contribution < -0.4 is 38.6 Å². The molecule has 0 bridgehead atoms. The predicted molar refractivity (Wildman–Crippen MR) is 153 cm³/mol. The van der Waals surface area contributed by atoms with E-state index in [0.717, 1.165) is 5.56 Å². The van der Waals surface area contributed by atoms with E-state index < -0.39 is 6.09 Å². The largest absolute Gasteiger partial charge is 0.497 e. The van der Waals surface area contributed by atoms with Crippen molar-refractivity contribution in [3.63, 3.8) is 0 Å². The summed E-state index contributed by atoms with van der Waals surface area (Å²) in [5.41, 5.74) is 2.30. The molecule has 0 unspecified atom stereocenters. The van der Waals surface area contributed by atoms with Crippen LogP contribution in [0.4, 0.5) is 27.9 Å². The Morgan fingerprint density at radius 3 is 2.17 bits per heavy atom. The van der Waals surface area contributed by atoms with Crippen molar-refractivity contribution in [3.8, 4) is 34.5 Å². The molecule has 11 heteroatoms. The first-order valence-corrected chi connectivity index (χ1v) is 12.4. The lowest BCUT2D eigenvalue weighted by molar-refractivity contribution is 0.209. The molecule has 41 heavy (non-hydrogen) atoms. The standard InChI is InChI=1S/C30H30N4O7/c1-18-9-8-10-19(2)27(18)41-30(35)34(22-12-11-21(36-3)17-23(22)37-4)26-13-14-31-29(33-26)32-20-15-24(38-5)28(40-7)25(16-20)39-6/h9,11-17H,1-7H3,(H,31,32,33). The lowest BCUT2D eigenvalue weighted by atomic mass is 10.2. The fraction of sp³-hybridized carbons (Fsp3) is 0.233. The van der Waals surface area contributed by atoms with Crippen molar-refractivity contribution in [2.24, 2.45) is 0 Å². The molecule has 11 nitrogen and oxygen atoms in total. The fourth-order valence-corrected chi connectivity index (χ4v) is 4.06. The number of nitrogens with one attached hydrogen (secondary N) is 1. The Morgan fingerprint density at radius 2 is 1.56 bits per heavy atom. The summed E-state index contributed by atoms with van der Waals surface area (Å²) in [5, 5.41) is 3.13. The second-order valence-electron chi connectivity index (χ2n) is 8.57. The smallest absolute Gasteiger partial charge is 0.425 e. The first-order valence-electron chi connectivity index (χ1n) is 12.4. The molecule has 4 aromatic rings. The lowest BCUT2D eigenvalue weighted by Crippen LogP contribution is -2.31. The number of aromatic nitrogens is 2. The van der Waals surface area contributed by atoms with Crippen molar-refractivity contribution in [1.82, 2.24) is 9.97 Å². The lowest BCUT2D eigenvalue weighted by Gasteiger charge is -2.24. The highest BCUT2D eigenvalue weighted by Gasteiger charge is 2.27. The second-order valence-corrected chi connectivity index (χ2v) is 8.57. The molecule has 0 spiro atoms. The Hall–Kier alpha value is -5.37. The van der Waals surface area contributed by atoms with E-state index in [0.29, 0.717) is 51.4 Å². The summed E-state index contributed by atoms with van der Waals surface area (Å²) in [7, 11) is 7.61. The van der Waals surface area contributed by atoms with E-state index in [1.165, 1.54) is 39.5 Å². The van der Waals surface area contributed by atoms with Gasteiger partial charge in [0.1, 0.15) is 23.1 Å². The zero-order valence-electron chi connectivity index (χ0n) is 23.8. The molecule has 1 aromatic heterocycles. The summed E-state index contributed by atoms with van der Waals surface area (Å²) in [6.07, 6.45) is 0.789. The molecule has 1 N–H and O–H groups in total. The van der Waals surface area contributed by atoms with Crippen LogP contribution >= 0.6 is 0 Å². The Bertz CT molecular complexity index is 1500. The van der Waals surface area contributed by atoms with Gasteiger partial charge in [-0.05, 0) is 32.0 Å². The number of hydrogen-bond donors (Lipinski definition) is 1. The Morgan fingerprint density at radius 1 is 0.854 bits per heavy atom. The third-order valence-corrected chi connectivity index (χ3v) is 6.04. The number of aryl methyl sites for hydroxylation is 1. The van der Waals surface area contributed by atoms with E-state index in [9.17, 15) is 4.79 Å². The first-order chi connectivity index (χ1) is 19.8. The summed E-state index contributed by atoms with van der Waals surface area (Å²) < 4.78 is 33.1.